The highest BCUT2D eigenvalue weighted by Crippen LogP contribution is 2.29. The SMILES string of the molecule is Cc1c(C(=O)N2CC[NH+](Cc3ccc4c(c3)CCO4)CC2)oc2ccc(Cl)cc12. The molecule has 0 aliphatic carbocycles. The molecular formula is C23H24ClN2O3+. The van der Waals surface area contributed by atoms with Crippen LogP contribution in [-0.2, 0) is 13.0 Å². The fourth-order valence-electron chi connectivity index (χ4n) is 4.38. The van der Waals surface area contributed by atoms with Crippen molar-refractivity contribution in [2.75, 3.05) is 32.8 Å². The first kappa shape index (κ1) is 18.5. The number of furan rings is 1. The number of benzene rings is 2. The summed E-state index contributed by atoms with van der Waals surface area (Å²) >= 11 is 6.10. The summed E-state index contributed by atoms with van der Waals surface area (Å²) in [6, 6.07) is 12.0. The highest BCUT2D eigenvalue weighted by atomic mass is 35.5. The minimum atomic E-state index is -0.0245. The third-order valence-corrected chi connectivity index (χ3v) is 6.29. The van der Waals surface area contributed by atoms with Crippen LogP contribution in [0.4, 0.5) is 0 Å². The van der Waals surface area contributed by atoms with Crippen molar-refractivity contribution in [3.8, 4) is 5.75 Å². The Morgan fingerprint density at radius 2 is 2.00 bits per heavy atom. The monoisotopic (exact) mass is 411 g/mol. The van der Waals surface area contributed by atoms with Crippen molar-refractivity contribution in [1.29, 1.82) is 0 Å². The molecule has 5 nitrogen and oxygen atoms in total. The van der Waals surface area contributed by atoms with Crippen LogP contribution in [-0.4, -0.2) is 43.6 Å². The van der Waals surface area contributed by atoms with Crippen LogP contribution >= 0.6 is 11.6 Å². The maximum Gasteiger partial charge on any atom is 0.290 e. The van der Waals surface area contributed by atoms with Gasteiger partial charge in [0.15, 0.2) is 5.76 Å². The molecule has 0 radical (unpaired) electrons. The summed E-state index contributed by atoms with van der Waals surface area (Å²) < 4.78 is 11.5. The Balaban J connectivity index is 1.25. The molecule has 0 spiro atoms. The summed E-state index contributed by atoms with van der Waals surface area (Å²) in [5, 5.41) is 1.56. The third-order valence-electron chi connectivity index (χ3n) is 6.06. The molecule has 1 fully saturated rings. The molecule has 2 aromatic carbocycles. The summed E-state index contributed by atoms with van der Waals surface area (Å²) in [5.41, 5.74) is 4.23. The van der Waals surface area contributed by atoms with Crippen molar-refractivity contribution in [3.05, 3.63) is 63.9 Å². The highest BCUT2D eigenvalue weighted by Gasteiger charge is 2.28. The number of carbonyl (C=O) groups excluding carboxylic acids is 1. The summed E-state index contributed by atoms with van der Waals surface area (Å²) in [4.78, 5) is 16.5. The van der Waals surface area contributed by atoms with E-state index in [2.05, 4.69) is 18.2 Å². The Morgan fingerprint density at radius 3 is 2.83 bits per heavy atom. The first-order valence-electron chi connectivity index (χ1n) is 10.1. The normalized spacial score (nSPS) is 16.8. The lowest BCUT2D eigenvalue weighted by Crippen LogP contribution is -3.13. The van der Waals surface area contributed by atoms with E-state index in [0.717, 1.165) is 62.5 Å². The number of nitrogens with zero attached hydrogens (tertiary/aromatic N) is 1. The average Bonchev–Trinajstić information content (AvgIpc) is 3.32. The van der Waals surface area contributed by atoms with E-state index >= 15 is 0 Å². The second-order valence-electron chi connectivity index (χ2n) is 7.96. The lowest BCUT2D eigenvalue weighted by molar-refractivity contribution is -0.917. The molecule has 0 atom stereocenters. The van der Waals surface area contributed by atoms with Gasteiger partial charge < -0.3 is 19.0 Å². The molecule has 1 amide bonds. The molecule has 6 heteroatoms. The smallest absolute Gasteiger partial charge is 0.290 e. The minimum Gasteiger partial charge on any atom is -0.493 e. The van der Waals surface area contributed by atoms with E-state index in [1.54, 1.807) is 6.07 Å². The van der Waals surface area contributed by atoms with Gasteiger partial charge in [-0.2, -0.15) is 0 Å². The van der Waals surface area contributed by atoms with Gasteiger partial charge in [0.05, 0.1) is 32.8 Å². The maximum atomic E-state index is 13.0. The Kier molecular flexibility index (Phi) is 4.72. The van der Waals surface area contributed by atoms with E-state index in [4.69, 9.17) is 20.8 Å². The van der Waals surface area contributed by atoms with E-state index < -0.39 is 0 Å². The van der Waals surface area contributed by atoms with Crippen molar-refractivity contribution in [1.82, 2.24) is 4.90 Å². The Hall–Kier alpha value is -2.50. The van der Waals surface area contributed by atoms with Gasteiger partial charge in [0.1, 0.15) is 17.9 Å². The number of carbonyl (C=O) groups is 1. The topological polar surface area (TPSA) is 47.1 Å². The molecule has 0 saturated carbocycles. The van der Waals surface area contributed by atoms with Gasteiger partial charge in [-0.1, -0.05) is 11.6 Å². The van der Waals surface area contributed by atoms with Gasteiger partial charge in [0, 0.05) is 28.0 Å². The van der Waals surface area contributed by atoms with Gasteiger partial charge in [0.25, 0.3) is 5.91 Å². The Labute approximate surface area is 174 Å². The van der Waals surface area contributed by atoms with Crippen molar-refractivity contribution < 1.29 is 18.8 Å². The second-order valence-corrected chi connectivity index (χ2v) is 8.39. The molecule has 150 valence electrons. The molecule has 1 N–H and O–H groups in total. The van der Waals surface area contributed by atoms with Gasteiger partial charge in [-0.25, -0.2) is 0 Å². The van der Waals surface area contributed by atoms with Crippen molar-refractivity contribution in [3.63, 3.8) is 0 Å². The molecule has 2 aliphatic rings. The zero-order chi connectivity index (χ0) is 20.0. The number of ether oxygens (including phenoxy) is 1. The summed E-state index contributed by atoms with van der Waals surface area (Å²) in [6.45, 7) is 7.04. The number of piperazine rings is 1. The lowest BCUT2D eigenvalue weighted by Gasteiger charge is -2.32. The first-order chi connectivity index (χ1) is 14.1. The summed E-state index contributed by atoms with van der Waals surface area (Å²) in [6.07, 6.45) is 1.00. The van der Waals surface area contributed by atoms with Gasteiger partial charge in [-0.05, 0) is 48.9 Å². The average molecular weight is 412 g/mol. The van der Waals surface area contributed by atoms with E-state index in [1.807, 2.05) is 24.0 Å². The van der Waals surface area contributed by atoms with Crippen LogP contribution in [0.1, 0.15) is 27.2 Å². The molecular weight excluding hydrogens is 388 g/mol. The fourth-order valence-corrected chi connectivity index (χ4v) is 4.55. The molecule has 1 aromatic heterocycles. The molecule has 29 heavy (non-hydrogen) atoms. The maximum absolute atomic E-state index is 13.0. The van der Waals surface area contributed by atoms with Gasteiger partial charge >= 0.3 is 0 Å². The van der Waals surface area contributed by atoms with Gasteiger partial charge in [0.2, 0.25) is 0 Å². The number of hydrogen-bond donors (Lipinski definition) is 1. The molecule has 2 aliphatic heterocycles. The fraction of sp³-hybridized carbons (Fsp3) is 0.348. The van der Waals surface area contributed by atoms with E-state index in [9.17, 15) is 4.79 Å². The number of quaternary nitrogens is 1. The number of amides is 1. The van der Waals surface area contributed by atoms with E-state index in [0.29, 0.717) is 16.4 Å². The molecule has 5 rings (SSSR count). The van der Waals surface area contributed by atoms with Crippen LogP contribution < -0.4 is 9.64 Å². The summed E-state index contributed by atoms with van der Waals surface area (Å²) in [7, 11) is 0. The highest BCUT2D eigenvalue weighted by molar-refractivity contribution is 6.31. The number of hydrogen-bond acceptors (Lipinski definition) is 3. The van der Waals surface area contributed by atoms with Crippen molar-refractivity contribution in [2.45, 2.75) is 19.9 Å². The minimum absolute atomic E-state index is 0.0245. The Bertz CT molecular complexity index is 1080. The van der Waals surface area contributed by atoms with Crippen LogP contribution in [0.5, 0.6) is 5.75 Å². The Morgan fingerprint density at radius 1 is 1.17 bits per heavy atom. The number of fused-ring (bicyclic) bond motifs is 2. The predicted octanol–water partition coefficient (Wildman–Crippen LogP) is 2.87. The first-order valence-corrected chi connectivity index (χ1v) is 10.5. The number of rotatable bonds is 3. The second kappa shape index (κ2) is 7.39. The third kappa shape index (κ3) is 3.49. The standard InChI is InChI=1S/C23H23ClN2O3/c1-15-19-13-18(24)3-5-21(19)29-22(15)23(27)26-9-7-25(8-10-26)14-16-2-4-20-17(12-16)6-11-28-20/h2-5,12-13H,6-11,14H2,1H3/p+1. The molecule has 0 bridgehead atoms. The number of aryl methyl sites for hydroxylation is 1. The van der Waals surface area contributed by atoms with Crippen molar-refractivity contribution >= 4 is 28.5 Å². The quantitative estimate of drug-likeness (QED) is 0.721. The molecule has 0 unspecified atom stereocenters. The zero-order valence-corrected chi connectivity index (χ0v) is 17.2. The zero-order valence-electron chi connectivity index (χ0n) is 16.5. The van der Waals surface area contributed by atoms with Gasteiger partial charge in [-0.15, -0.1) is 0 Å². The number of halogens is 1. The summed E-state index contributed by atoms with van der Waals surface area (Å²) in [5.74, 6) is 1.44. The van der Waals surface area contributed by atoms with Crippen LogP contribution in [0, 0.1) is 6.92 Å². The number of nitrogens with one attached hydrogen (secondary N) is 1. The van der Waals surface area contributed by atoms with Crippen LogP contribution in [0.2, 0.25) is 5.02 Å². The molecule has 3 aromatic rings. The van der Waals surface area contributed by atoms with Crippen LogP contribution in [0.25, 0.3) is 11.0 Å². The van der Waals surface area contributed by atoms with Crippen LogP contribution in [0.3, 0.4) is 0 Å². The largest absolute Gasteiger partial charge is 0.493 e. The predicted molar refractivity (Wildman–Crippen MR) is 112 cm³/mol. The van der Waals surface area contributed by atoms with Gasteiger partial charge in [-0.3, -0.25) is 4.79 Å². The molecule has 3 heterocycles. The van der Waals surface area contributed by atoms with Crippen molar-refractivity contribution in [2.24, 2.45) is 0 Å². The lowest BCUT2D eigenvalue weighted by atomic mass is 10.1. The van der Waals surface area contributed by atoms with E-state index in [-0.39, 0.29) is 5.91 Å². The van der Waals surface area contributed by atoms with E-state index in [1.165, 1.54) is 16.0 Å². The molecule has 1 saturated heterocycles. The van der Waals surface area contributed by atoms with Crippen LogP contribution in [0.15, 0.2) is 40.8 Å².